The summed E-state index contributed by atoms with van der Waals surface area (Å²) in [6, 6.07) is 0.273. The monoisotopic (exact) mass is 131 g/mol. The Morgan fingerprint density at radius 3 is 2.00 bits per heavy atom. The maximum absolute atomic E-state index is 9.08. The summed E-state index contributed by atoms with van der Waals surface area (Å²) >= 11 is 0. The summed E-state index contributed by atoms with van der Waals surface area (Å²) in [7, 11) is 2.01. The first-order chi connectivity index (χ1) is 4.09. The van der Waals surface area contributed by atoms with E-state index in [0.29, 0.717) is 0 Å². The molecule has 0 aliphatic heterocycles. The molecular weight excluding hydrogens is 114 g/mol. The summed E-state index contributed by atoms with van der Waals surface area (Å²) in [5.41, 5.74) is 0. The van der Waals surface area contributed by atoms with Gasteiger partial charge in [0.2, 0.25) is 0 Å². The molecule has 0 radical (unpaired) electrons. The number of rotatable bonds is 3. The summed E-state index contributed by atoms with van der Waals surface area (Å²) in [5, 5.41) is 9.08. The molecule has 0 amide bonds. The van der Waals surface area contributed by atoms with Crippen molar-refractivity contribution in [2.24, 2.45) is 0 Å². The van der Waals surface area contributed by atoms with Gasteiger partial charge in [0.1, 0.15) is 0 Å². The van der Waals surface area contributed by atoms with Gasteiger partial charge in [-0.05, 0) is 27.4 Å². The average molecular weight is 131 g/mol. The smallest absolute Gasteiger partial charge is 0.0664 e. The summed E-state index contributed by atoms with van der Waals surface area (Å²) < 4.78 is 0. The summed E-state index contributed by atoms with van der Waals surface area (Å²) in [4.78, 5) is 2.12. The minimum atomic E-state index is -0.227. The lowest BCUT2D eigenvalue weighted by atomic mass is 10.2. The molecule has 56 valence electrons. The van der Waals surface area contributed by atoms with E-state index in [1.165, 1.54) is 0 Å². The molecule has 0 bridgehead atoms. The molecule has 0 spiro atoms. The average Bonchev–Trinajstić information content (AvgIpc) is 1.84. The summed E-state index contributed by atoms with van der Waals surface area (Å²) in [6.45, 7) is 6.91. The van der Waals surface area contributed by atoms with E-state index in [0.717, 1.165) is 6.54 Å². The Kier molecular flexibility index (Phi) is 3.82. The molecular formula is C7H17NO. The highest BCUT2D eigenvalue weighted by atomic mass is 16.3. The van der Waals surface area contributed by atoms with Crippen molar-refractivity contribution >= 4 is 0 Å². The van der Waals surface area contributed by atoms with Gasteiger partial charge in [-0.15, -0.1) is 0 Å². The Labute approximate surface area is 57.5 Å². The quantitative estimate of drug-likeness (QED) is 0.609. The summed E-state index contributed by atoms with van der Waals surface area (Å²) in [5.74, 6) is 0. The number of nitrogens with zero attached hydrogens (tertiary/aromatic N) is 1. The van der Waals surface area contributed by atoms with Gasteiger partial charge in [0.05, 0.1) is 6.10 Å². The maximum Gasteiger partial charge on any atom is 0.0664 e. The topological polar surface area (TPSA) is 23.5 Å². The molecule has 0 aromatic heterocycles. The standard InChI is InChI=1S/C7H17NO/c1-5-8(4)6(2)7(3)9/h6-7,9H,5H2,1-4H3. The molecule has 0 aliphatic carbocycles. The predicted octanol–water partition coefficient (Wildman–Crippen LogP) is 0.707. The first kappa shape index (κ1) is 8.92. The van der Waals surface area contributed by atoms with Crippen LogP contribution in [0.4, 0.5) is 0 Å². The molecule has 0 rings (SSSR count). The van der Waals surface area contributed by atoms with E-state index in [-0.39, 0.29) is 12.1 Å². The Bertz CT molecular complexity index is 73.3. The fourth-order valence-corrected chi connectivity index (χ4v) is 0.656. The van der Waals surface area contributed by atoms with Crippen LogP contribution in [0.1, 0.15) is 20.8 Å². The van der Waals surface area contributed by atoms with Gasteiger partial charge in [0, 0.05) is 6.04 Å². The molecule has 2 nitrogen and oxygen atoms in total. The molecule has 2 atom stereocenters. The predicted molar refractivity (Wildman–Crippen MR) is 39.4 cm³/mol. The molecule has 9 heavy (non-hydrogen) atoms. The van der Waals surface area contributed by atoms with E-state index < -0.39 is 0 Å². The summed E-state index contributed by atoms with van der Waals surface area (Å²) in [6.07, 6.45) is -0.227. The van der Waals surface area contributed by atoms with Gasteiger partial charge in [0.15, 0.2) is 0 Å². The zero-order valence-electron chi connectivity index (χ0n) is 6.76. The Balaban J connectivity index is 3.58. The highest BCUT2D eigenvalue weighted by Gasteiger charge is 2.11. The van der Waals surface area contributed by atoms with Gasteiger partial charge < -0.3 is 10.0 Å². The van der Waals surface area contributed by atoms with Crippen LogP contribution in [0.25, 0.3) is 0 Å². The first-order valence-electron chi connectivity index (χ1n) is 3.47. The second kappa shape index (κ2) is 3.85. The minimum absolute atomic E-state index is 0.227. The van der Waals surface area contributed by atoms with Crippen LogP contribution < -0.4 is 0 Å². The van der Waals surface area contributed by atoms with Crippen molar-refractivity contribution in [2.45, 2.75) is 32.9 Å². The fourth-order valence-electron chi connectivity index (χ4n) is 0.656. The third kappa shape index (κ3) is 2.82. The van der Waals surface area contributed by atoms with Crippen LogP contribution in [0, 0.1) is 0 Å². The van der Waals surface area contributed by atoms with Crippen molar-refractivity contribution in [2.75, 3.05) is 13.6 Å². The molecule has 0 saturated carbocycles. The molecule has 0 aliphatic rings. The van der Waals surface area contributed by atoms with E-state index in [2.05, 4.69) is 11.8 Å². The molecule has 0 fully saturated rings. The van der Waals surface area contributed by atoms with Gasteiger partial charge in [-0.2, -0.15) is 0 Å². The van der Waals surface area contributed by atoms with Crippen LogP contribution in [0.3, 0.4) is 0 Å². The lowest BCUT2D eigenvalue weighted by Gasteiger charge is -2.25. The van der Waals surface area contributed by atoms with Gasteiger partial charge >= 0.3 is 0 Å². The van der Waals surface area contributed by atoms with Crippen molar-refractivity contribution in [1.29, 1.82) is 0 Å². The number of hydrogen-bond donors (Lipinski definition) is 1. The van der Waals surface area contributed by atoms with Crippen molar-refractivity contribution < 1.29 is 5.11 Å². The van der Waals surface area contributed by atoms with E-state index in [1.54, 1.807) is 0 Å². The van der Waals surface area contributed by atoms with Gasteiger partial charge in [-0.1, -0.05) is 6.92 Å². The largest absolute Gasteiger partial charge is 0.392 e. The van der Waals surface area contributed by atoms with Gasteiger partial charge in [-0.25, -0.2) is 0 Å². The zero-order valence-corrected chi connectivity index (χ0v) is 6.76. The van der Waals surface area contributed by atoms with Crippen LogP contribution in [0.2, 0.25) is 0 Å². The number of hydrogen-bond acceptors (Lipinski definition) is 2. The van der Waals surface area contributed by atoms with Crippen molar-refractivity contribution in [3.05, 3.63) is 0 Å². The highest BCUT2D eigenvalue weighted by Crippen LogP contribution is 1.99. The third-order valence-corrected chi connectivity index (χ3v) is 1.89. The number of likely N-dealkylation sites (N-methyl/N-ethyl adjacent to an activating group) is 1. The maximum atomic E-state index is 9.08. The van der Waals surface area contributed by atoms with E-state index >= 15 is 0 Å². The molecule has 0 aromatic carbocycles. The van der Waals surface area contributed by atoms with Gasteiger partial charge in [-0.3, -0.25) is 0 Å². The Hall–Kier alpha value is -0.0800. The van der Waals surface area contributed by atoms with Crippen LogP contribution in [-0.4, -0.2) is 35.7 Å². The lowest BCUT2D eigenvalue weighted by Crippen LogP contribution is -2.36. The number of aliphatic hydroxyl groups is 1. The van der Waals surface area contributed by atoms with Crippen LogP contribution >= 0.6 is 0 Å². The highest BCUT2D eigenvalue weighted by molar-refractivity contribution is 4.66. The first-order valence-corrected chi connectivity index (χ1v) is 3.47. The zero-order chi connectivity index (χ0) is 7.44. The van der Waals surface area contributed by atoms with Crippen LogP contribution in [0.15, 0.2) is 0 Å². The third-order valence-electron chi connectivity index (χ3n) is 1.89. The van der Waals surface area contributed by atoms with Crippen molar-refractivity contribution in [3.63, 3.8) is 0 Å². The van der Waals surface area contributed by atoms with Crippen LogP contribution in [-0.2, 0) is 0 Å². The molecule has 2 heteroatoms. The molecule has 0 aromatic rings. The van der Waals surface area contributed by atoms with E-state index in [9.17, 15) is 0 Å². The number of aliphatic hydroxyl groups excluding tert-OH is 1. The normalized spacial score (nSPS) is 18.0. The SMILES string of the molecule is CCN(C)C(C)C(C)O. The fraction of sp³-hybridized carbons (Fsp3) is 1.00. The van der Waals surface area contributed by atoms with Crippen molar-refractivity contribution in [1.82, 2.24) is 4.90 Å². The van der Waals surface area contributed by atoms with Crippen molar-refractivity contribution in [3.8, 4) is 0 Å². The molecule has 1 N–H and O–H groups in total. The second-order valence-corrected chi connectivity index (χ2v) is 2.55. The Morgan fingerprint density at radius 1 is 1.44 bits per heavy atom. The Morgan fingerprint density at radius 2 is 1.89 bits per heavy atom. The molecule has 0 heterocycles. The van der Waals surface area contributed by atoms with Gasteiger partial charge in [0.25, 0.3) is 0 Å². The van der Waals surface area contributed by atoms with Crippen LogP contribution in [0.5, 0.6) is 0 Å². The molecule has 0 saturated heterocycles. The molecule has 2 unspecified atom stereocenters. The second-order valence-electron chi connectivity index (χ2n) is 2.55. The van der Waals surface area contributed by atoms with E-state index in [1.807, 2.05) is 20.9 Å². The lowest BCUT2D eigenvalue weighted by molar-refractivity contribution is 0.0898. The van der Waals surface area contributed by atoms with E-state index in [4.69, 9.17) is 5.11 Å². The minimum Gasteiger partial charge on any atom is -0.392 e.